The number of amides is 1. The van der Waals surface area contributed by atoms with Crippen molar-refractivity contribution in [3.8, 4) is 5.75 Å². The standard InChI is InChI=1S/C19H20N2O2S/c22-19(16-12-15-4-1-2-6-18(15)23-14-16)21-9-7-20(8-10-21)13-17-5-3-11-24-17/h1-6,11-12H,7-10,13-14H2. The minimum Gasteiger partial charge on any atom is -0.488 e. The lowest BCUT2D eigenvalue weighted by Crippen LogP contribution is -2.49. The number of hydrogen-bond acceptors (Lipinski definition) is 4. The zero-order valence-corrected chi connectivity index (χ0v) is 14.3. The molecular formula is C19H20N2O2S. The quantitative estimate of drug-likeness (QED) is 0.861. The minimum atomic E-state index is 0.111. The van der Waals surface area contributed by atoms with Crippen molar-refractivity contribution in [3.05, 3.63) is 57.8 Å². The van der Waals surface area contributed by atoms with Crippen LogP contribution in [-0.4, -0.2) is 48.5 Å². The molecule has 1 aromatic heterocycles. The van der Waals surface area contributed by atoms with Gasteiger partial charge >= 0.3 is 0 Å². The lowest BCUT2D eigenvalue weighted by atomic mass is 10.1. The molecule has 0 aliphatic carbocycles. The van der Waals surface area contributed by atoms with E-state index in [2.05, 4.69) is 22.4 Å². The van der Waals surface area contributed by atoms with Gasteiger partial charge in [-0.3, -0.25) is 9.69 Å². The van der Waals surface area contributed by atoms with Gasteiger partial charge in [0.05, 0.1) is 5.57 Å². The van der Waals surface area contributed by atoms with E-state index >= 15 is 0 Å². The maximum atomic E-state index is 12.7. The molecule has 0 bridgehead atoms. The highest BCUT2D eigenvalue weighted by Crippen LogP contribution is 2.26. The van der Waals surface area contributed by atoms with Gasteiger partial charge in [0, 0.05) is 43.2 Å². The Labute approximate surface area is 146 Å². The van der Waals surface area contributed by atoms with E-state index in [-0.39, 0.29) is 5.91 Å². The van der Waals surface area contributed by atoms with E-state index in [1.165, 1.54) is 4.88 Å². The highest BCUT2D eigenvalue weighted by molar-refractivity contribution is 7.09. The first-order chi connectivity index (χ1) is 11.8. The van der Waals surface area contributed by atoms with Crippen LogP contribution in [0.15, 0.2) is 47.4 Å². The molecule has 0 saturated carbocycles. The van der Waals surface area contributed by atoms with Crippen molar-refractivity contribution in [2.45, 2.75) is 6.54 Å². The summed E-state index contributed by atoms with van der Waals surface area (Å²) in [6, 6.07) is 12.1. The maximum Gasteiger partial charge on any atom is 0.253 e. The third-order valence-electron chi connectivity index (χ3n) is 4.53. The van der Waals surface area contributed by atoms with E-state index in [0.29, 0.717) is 6.61 Å². The van der Waals surface area contributed by atoms with Crippen molar-refractivity contribution in [1.29, 1.82) is 0 Å². The summed E-state index contributed by atoms with van der Waals surface area (Å²) >= 11 is 1.79. The van der Waals surface area contributed by atoms with Crippen LogP contribution in [0.4, 0.5) is 0 Å². The highest BCUT2D eigenvalue weighted by Gasteiger charge is 2.25. The van der Waals surface area contributed by atoms with Gasteiger partial charge in [-0.2, -0.15) is 0 Å². The monoisotopic (exact) mass is 340 g/mol. The molecule has 0 spiro atoms. The first-order valence-electron chi connectivity index (χ1n) is 8.26. The molecule has 1 fully saturated rings. The summed E-state index contributed by atoms with van der Waals surface area (Å²) in [7, 11) is 0. The number of carbonyl (C=O) groups is 1. The van der Waals surface area contributed by atoms with Crippen LogP contribution in [0.5, 0.6) is 5.75 Å². The summed E-state index contributed by atoms with van der Waals surface area (Å²) in [6.07, 6.45) is 1.97. The Hall–Kier alpha value is -2.11. The smallest absolute Gasteiger partial charge is 0.253 e. The van der Waals surface area contributed by atoms with Crippen molar-refractivity contribution in [2.24, 2.45) is 0 Å². The zero-order valence-electron chi connectivity index (χ0n) is 13.5. The summed E-state index contributed by atoms with van der Waals surface area (Å²) in [4.78, 5) is 18.5. The number of rotatable bonds is 3. The van der Waals surface area contributed by atoms with E-state index in [1.807, 2.05) is 35.2 Å². The second-order valence-corrected chi connectivity index (χ2v) is 7.18. The fourth-order valence-corrected chi connectivity index (χ4v) is 3.92. The van der Waals surface area contributed by atoms with Gasteiger partial charge in [0.25, 0.3) is 5.91 Å². The van der Waals surface area contributed by atoms with E-state index < -0.39 is 0 Å². The third-order valence-corrected chi connectivity index (χ3v) is 5.39. The molecule has 1 aromatic carbocycles. The molecule has 2 aromatic rings. The zero-order chi connectivity index (χ0) is 16.4. The van der Waals surface area contributed by atoms with Gasteiger partial charge in [0.15, 0.2) is 0 Å². The largest absolute Gasteiger partial charge is 0.488 e. The van der Waals surface area contributed by atoms with E-state index in [4.69, 9.17) is 4.74 Å². The fourth-order valence-electron chi connectivity index (χ4n) is 3.17. The Morgan fingerprint density at radius 3 is 2.71 bits per heavy atom. The van der Waals surface area contributed by atoms with Crippen LogP contribution < -0.4 is 4.74 Å². The lowest BCUT2D eigenvalue weighted by molar-refractivity contribution is -0.129. The topological polar surface area (TPSA) is 32.8 Å². The summed E-state index contributed by atoms with van der Waals surface area (Å²) in [5, 5.41) is 2.11. The molecular weight excluding hydrogens is 320 g/mol. The number of para-hydroxylation sites is 1. The van der Waals surface area contributed by atoms with Gasteiger partial charge in [-0.05, 0) is 23.6 Å². The fraction of sp³-hybridized carbons (Fsp3) is 0.316. The number of carbonyl (C=O) groups excluding carboxylic acids is 1. The molecule has 24 heavy (non-hydrogen) atoms. The van der Waals surface area contributed by atoms with Crippen LogP contribution in [0.1, 0.15) is 10.4 Å². The number of benzene rings is 1. The van der Waals surface area contributed by atoms with Crippen LogP contribution in [0, 0.1) is 0 Å². The molecule has 0 unspecified atom stereocenters. The van der Waals surface area contributed by atoms with Crippen molar-refractivity contribution < 1.29 is 9.53 Å². The Bertz CT molecular complexity index is 746. The van der Waals surface area contributed by atoms with Crippen molar-refractivity contribution in [1.82, 2.24) is 9.80 Å². The average molecular weight is 340 g/mol. The second kappa shape index (κ2) is 6.79. The average Bonchev–Trinajstić information content (AvgIpc) is 3.14. The third kappa shape index (κ3) is 3.23. The maximum absolute atomic E-state index is 12.7. The van der Waals surface area contributed by atoms with Crippen molar-refractivity contribution in [3.63, 3.8) is 0 Å². The molecule has 5 heteroatoms. The molecule has 124 valence electrons. The normalized spacial score (nSPS) is 17.8. The molecule has 0 radical (unpaired) electrons. The summed E-state index contributed by atoms with van der Waals surface area (Å²) in [5.41, 5.74) is 1.74. The van der Waals surface area contributed by atoms with Crippen molar-refractivity contribution >= 4 is 23.3 Å². The number of hydrogen-bond donors (Lipinski definition) is 0. The van der Waals surface area contributed by atoms with E-state index in [0.717, 1.165) is 49.6 Å². The van der Waals surface area contributed by atoms with Crippen LogP contribution >= 0.6 is 11.3 Å². The number of nitrogens with zero attached hydrogens (tertiary/aromatic N) is 2. The Morgan fingerprint density at radius 2 is 1.92 bits per heavy atom. The van der Waals surface area contributed by atoms with Crippen molar-refractivity contribution in [2.75, 3.05) is 32.8 Å². The van der Waals surface area contributed by atoms with Crippen LogP contribution in [0.3, 0.4) is 0 Å². The van der Waals surface area contributed by atoms with Gasteiger partial charge in [-0.25, -0.2) is 0 Å². The van der Waals surface area contributed by atoms with Crippen LogP contribution in [-0.2, 0) is 11.3 Å². The molecule has 4 rings (SSSR count). The molecule has 2 aliphatic heterocycles. The predicted octanol–water partition coefficient (Wildman–Crippen LogP) is 2.87. The first-order valence-corrected chi connectivity index (χ1v) is 9.14. The minimum absolute atomic E-state index is 0.111. The Morgan fingerprint density at radius 1 is 1.08 bits per heavy atom. The molecule has 2 aliphatic rings. The van der Waals surface area contributed by atoms with Gasteiger partial charge in [0.2, 0.25) is 0 Å². The number of ether oxygens (including phenoxy) is 1. The van der Waals surface area contributed by atoms with Crippen LogP contribution in [0.25, 0.3) is 6.08 Å². The van der Waals surface area contributed by atoms with Gasteiger partial charge < -0.3 is 9.64 Å². The predicted molar refractivity (Wildman–Crippen MR) is 96.1 cm³/mol. The SMILES string of the molecule is O=C(C1=Cc2ccccc2OC1)N1CCN(Cc2cccs2)CC1. The molecule has 1 amide bonds. The van der Waals surface area contributed by atoms with Crippen LogP contribution in [0.2, 0.25) is 0 Å². The lowest BCUT2D eigenvalue weighted by Gasteiger charge is -2.35. The molecule has 1 saturated heterocycles. The molecule has 3 heterocycles. The van der Waals surface area contributed by atoms with Gasteiger partial charge in [0.1, 0.15) is 12.4 Å². The summed E-state index contributed by atoms with van der Waals surface area (Å²) in [6.45, 7) is 4.76. The highest BCUT2D eigenvalue weighted by atomic mass is 32.1. The molecule has 4 nitrogen and oxygen atoms in total. The second-order valence-electron chi connectivity index (χ2n) is 6.14. The summed E-state index contributed by atoms with van der Waals surface area (Å²) in [5.74, 6) is 0.968. The van der Waals surface area contributed by atoms with E-state index in [1.54, 1.807) is 11.3 Å². The number of thiophene rings is 1. The molecule has 0 atom stereocenters. The number of piperazine rings is 1. The van der Waals surface area contributed by atoms with Gasteiger partial charge in [-0.1, -0.05) is 24.3 Å². The Balaban J connectivity index is 1.37. The summed E-state index contributed by atoms with van der Waals surface area (Å²) < 4.78 is 5.71. The Kier molecular flexibility index (Phi) is 4.36. The molecule has 0 N–H and O–H groups in total. The number of fused-ring (bicyclic) bond motifs is 1. The first kappa shape index (κ1) is 15.4. The van der Waals surface area contributed by atoms with E-state index in [9.17, 15) is 4.79 Å². The van der Waals surface area contributed by atoms with Gasteiger partial charge in [-0.15, -0.1) is 11.3 Å².